The number of hydrogen-bond donors (Lipinski definition) is 7. The van der Waals surface area contributed by atoms with Crippen LogP contribution in [0.4, 0.5) is 10.5 Å². The molecule has 70 heavy (non-hydrogen) atoms. The van der Waals surface area contributed by atoms with E-state index in [-0.39, 0.29) is 50.0 Å². The van der Waals surface area contributed by atoms with E-state index in [2.05, 4.69) is 36.6 Å². The van der Waals surface area contributed by atoms with Gasteiger partial charge >= 0.3 is 6.16 Å². The Hall–Kier alpha value is -6.98. The number of amides is 7. The first-order valence-corrected chi connectivity index (χ1v) is 23.9. The zero-order valence-electron chi connectivity index (χ0n) is 41.6. The maximum Gasteiger partial charge on any atom is 0.506 e. The van der Waals surface area contributed by atoms with Gasteiger partial charge in [0.25, 0.3) is 0 Å². The van der Waals surface area contributed by atoms with Crippen LogP contribution in [0.3, 0.4) is 0 Å². The van der Waals surface area contributed by atoms with Crippen molar-refractivity contribution in [3.05, 3.63) is 95.6 Å². The van der Waals surface area contributed by atoms with Crippen LogP contribution in [0.2, 0.25) is 0 Å². The van der Waals surface area contributed by atoms with Crippen LogP contribution < -0.4 is 36.6 Å². The minimum Gasteiger partial charge on any atom is -0.488 e. The highest BCUT2D eigenvalue weighted by Gasteiger charge is 2.35. The molecule has 7 N–H and O–H groups in total. The molecule has 1 aliphatic heterocycles. The summed E-state index contributed by atoms with van der Waals surface area (Å²) in [4.78, 5) is 108. The van der Waals surface area contributed by atoms with Gasteiger partial charge in [-0.15, -0.1) is 0 Å². The summed E-state index contributed by atoms with van der Waals surface area (Å²) in [5, 5.41) is 25.5. The molecule has 1 aliphatic rings. The van der Waals surface area contributed by atoms with Gasteiger partial charge in [0.1, 0.15) is 48.2 Å². The van der Waals surface area contributed by atoms with Crippen LogP contribution in [-0.4, -0.2) is 106 Å². The van der Waals surface area contributed by atoms with Crippen molar-refractivity contribution in [2.45, 2.75) is 143 Å². The Morgan fingerprint density at radius 3 is 1.86 bits per heavy atom. The maximum absolute atomic E-state index is 14.4. The van der Waals surface area contributed by atoms with E-state index >= 15 is 0 Å². The highest BCUT2D eigenvalue weighted by molar-refractivity contribution is 5.99. The lowest BCUT2D eigenvalue weighted by atomic mass is 10.00. The zero-order valence-corrected chi connectivity index (χ0v) is 41.6. The first-order valence-electron chi connectivity index (χ1n) is 23.9. The van der Waals surface area contributed by atoms with Crippen molar-refractivity contribution in [1.82, 2.24) is 31.5 Å². The Kier molecular flexibility index (Phi) is 21.2. The molecule has 18 heteroatoms. The van der Waals surface area contributed by atoms with Gasteiger partial charge in [-0.25, -0.2) is 4.79 Å². The molecule has 0 bridgehead atoms. The molecule has 3 aromatic carbocycles. The Balaban J connectivity index is 1.55. The van der Waals surface area contributed by atoms with Gasteiger partial charge in [-0.05, 0) is 112 Å². The molecule has 1 saturated heterocycles. The minimum absolute atomic E-state index is 0.00727. The molecule has 380 valence electrons. The summed E-state index contributed by atoms with van der Waals surface area (Å²) in [5.41, 5.74) is 2.04. The fourth-order valence-electron chi connectivity index (χ4n) is 7.95. The molecule has 0 spiro atoms. The standard InChI is InChI=1S/C52H71N7O11/c1-32(2)27-41(58-50(66)44-15-12-26-59(44)34(5)60)46(62)53-30-45(61)55-40(25-20-35-13-10-9-11-14-35)47(63)57-43(29-36-18-23-39(24-19-36)70-52(6,7)8)49(65)56-42(28-33(3)4)48(64)54-38-21-16-37(17-22-38)31-69-51(67)68/h9-11,13-14,16-19,21-24,32-33,40-44H,12,15,20,25-31H2,1-8H3,(H,53,62)(H,54,64)(H,55,61)(H,56,65)(H,57,63)(H,58,66)(H,67,68)/t40?,41-,42-,43-,44-/m0/s1. The second-order valence-electron chi connectivity index (χ2n) is 19.5. The molecule has 0 radical (unpaired) electrons. The van der Waals surface area contributed by atoms with Crippen LogP contribution in [-0.2, 0) is 57.7 Å². The van der Waals surface area contributed by atoms with E-state index in [0.717, 1.165) is 5.56 Å². The predicted molar refractivity (Wildman–Crippen MR) is 263 cm³/mol. The predicted octanol–water partition coefficient (Wildman–Crippen LogP) is 5.03. The smallest absolute Gasteiger partial charge is 0.488 e. The molecule has 7 amide bonds. The molecule has 5 atom stereocenters. The van der Waals surface area contributed by atoms with Gasteiger partial charge in [-0.1, -0.05) is 82.3 Å². The van der Waals surface area contributed by atoms with E-state index in [1.165, 1.54) is 11.8 Å². The third-order valence-electron chi connectivity index (χ3n) is 11.3. The Morgan fingerprint density at radius 1 is 0.686 bits per heavy atom. The Bertz CT molecular complexity index is 2250. The number of hydrogen-bond acceptors (Lipinski definition) is 10. The van der Waals surface area contributed by atoms with Crippen molar-refractivity contribution >= 4 is 53.2 Å². The van der Waals surface area contributed by atoms with Gasteiger partial charge in [0.05, 0.1) is 6.54 Å². The fourth-order valence-corrected chi connectivity index (χ4v) is 7.95. The number of nitrogens with zero attached hydrogens (tertiary/aromatic N) is 1. The lowest BCUT2D eigenvalue weighted by molar-refractivity contribution is -0.138. The van der Waals surface area contributed by atoms with Crippen LogP contribution >= 0.6 is 0 Å². The second kappa shape index (κ2) is 26.7. The van der Waals surface area contributed by atoms with Crippen LogP contribution in [0.5, 0.6) is 5.75 Å². The SMILES string of the molecule is CC(=O)N1CCC[C@H]1C(=O)N[C@@H](CC(C)C)C(=O)NCC(=O)NC(CCc1ccccc1)C(=O)N[C@@H](Cc1ccc(OC(C)(C)C)cc1)C(=O)N[C@@H](CC(C)C)C(=O)Nc1ccc(COC(=O)O)cc1. The fraction of sp³-hybridized carbons (Fsp3) is 0.500. The molecule has 0 aromatic heterocycles. The van der Waals surface area contributed by atoms with Gasteiger partial charge in [-0.2, -0.15) is 0 Å². The first-order chi connectivity index (χ1) is 33.1. The summed E-state index contributed by atoms with van der Waals surface area (Å²) in [6.45, 7) is 14.5. The number of rotatable bonds is 24. The molecular weight excluding hydrogens is 899 g/mol. The van der Waals surface area contributed by atoms with Gasteiger partial charge in [-0.3, -0.25) is 33.6 Å². The largest absolute Gasteiger partial charge is 0.506 e. The summed E-state index contributed by atoms with van der Waals surface area (Å²) in [6.07, 6.45) is 0.685. The third-order valence-corrected chi connectivity index (χ3v) is 11.3. The van der Waals surface area contributed by atoms with Crippen molar-refractivity contribution in [1.29, 1.82) is 0 Å². The quantitative estimate of drug-likeness (QED) is 0.0587. The normalized spacial score (nSPS) is 15.2. The number of likely N-dealkylation sites (tertiary alicyclic amines) is 1. The van der Waals surface area contributed by atoms with E-state index in [1.807, 2.05) is 78.8 Å². The number of carbonyl (C=O) groups is 8. The van der Waals surface area contributed by atoms with E-state index < -0.39 is 84.0 Å². The molecule has 18 nitrogen and oxygen atoms in total. The molecule has 3 aromatic rings. The van der Waals surface area contributed by atoms with Crippen LogP contribution in [0.15, 0.2) is 78.9 Å². The van der Waals surface area contributed by atoms with E-state index in [1.54, 1.807) is 48.5 Å². The summed E-state index contributed by atoms with van der Waals surface area (Å²) in [7, 11) is 0. The highest BCUT2D eigenvalue weighted by Crippen LogP contribution is 2.21. The lowest BCUT2D eigenvalue weighted by Crippen LogP contribution is -2.58. The number of benzene rings is 3. The maximum atomic E-state index is 14.4. The topological polar surface area (TPSA) is 251 Å². The van der Waals surface area contributed by atoms with Gasteiger partial charge < -0.3 is 51.4 Å². The Morgan fingerprint density at radius 2 is 1.27 bits per heavy atom. The lowest BCUT2D eigenvalue weighted by Gasteiger charge is -2.27. The van der Waals surface area contributed by atoms with Crippen molar-refractivity contribution in [3.8, 4) is 5.75 Å². The van der Waals surface area contributed by atoms with Crippen LogP contribution in [0.1, 0.15) is 104 Å². The highest BCUT2D eigenvalue weighted by atomic mass is 16.7. The summed E-state index contributed by atoms with van der Waals surface area (Å²) < 4.78 is 10.6. The summed E-state index contributed by atoms with van der Waals surface area (Å²) in [6, 6.07) is 17.6. The first kappa shape index (κ1) is 55.6. The number of ether oxygens (including phenoxy) is 2. The summed E-state index contributed by atoms with van der Waals surface area (Å²) in [5.74, 6) is -3.30. The monoisotopic (exact) mass is 970 g/mol. The summed E-state index contributed by atoms with van der Waals surface area (Å²) >= 11 is 0. The van der Waals surface area contributed by atoms with Gasteiger partial charge in [0, 0.05) is 25.6 Å². The molecule has 0 aliphatic carbocycles. The molecule has 1 heterocycles. The van der Waals surface area contributed by atoms with Crippen molar-refractivity contribution < 1.29 is 52.9 Å². The average Bonchev–Trinajstić information content (AvgIpc) is 3.80. The number of aryl methyl sites for hydroxylation is 1. The van der Waals surface area contributed by atoms with Gasteiger partial charge in [0.2, 0.25) is 41.4 Å². The minimum atomic E-state index is -1.42. The molecule has 4 rings (SSSR count). The molecule has 1 fully saturated rings. The van der Waals surface area contributed by atoms with E-state index in [9.17, 15) is 38.4 Å². The molecular formula is C52H71N7O11. The van der Waals surface area contributed by atoms with Gasteiger partial charge in [0.15, 0.2) is 0 Å². The van der Waals surface area contributed by atoms with Crippen molar-refractivity contribution in [3.63, 3.8) is 0 Å². The molecule has 1 unspecified atom stereocenters. The zero-order chi connectivity index (χ0) is 51.5. The Labute approximate surface area is 410 Å². The van der Waals surface area contributed by atoms with Crippen LogP contribution in [0, 0.1) is 11.8 Å². The van der Waals surface area contributed by atoms with Crippen LogP contribution in [0.25, 0.3) is 0 Å². The number of nitrogens with one attached hydrogen (secondary N) is 6. The number of carboxylic acid groups (broad SMARTS) is 1. The number of anilines is 1. The van der Waals surface area contributed by atoms with Crippen molar-refractivity contribution in [2.75, 3.05) is 18.4 Å². The van der Waals surface area contributed by atoms with Crippen molar-refractivity contribution in [2.24, 2.45) is 11.8 Å². The third kappa shape index (κ3) is 19.2. The van der Waals surface area contributed by atoms with E-state index in [4.69, 9.17) is 9.84 Å². The van der Waals surface area contributed by atoms with E-state index in [0.29, 0.717) is 48.4 Å². The number of carbonyl (C=O) groups excluding carboxylic acids is 7. The molecule has 0 saturated carbocycles. The second-order valence-corrected chi connectivity index (χ2v) is 19.5. The average molecular weight is 970 g/mol.